The fourth-order valence-electron chi connectivity index (χ4n) is 9.90. The maximum absolute atomic E-state index is 13.1. The summed E-state index contributed by atoms with van der Waals surface area (Å²) < 4.78 is 68.4. The quantitative estimate of drug-likeness (QED) is 0.0169. The zero-order valence-electron chi connectivity index (χ0n) is 63.5. The lowest BCUT2D eigenvalue weighted by molar-refractivity contribution is -0.161. The van der Waals surface area contributed by atoms with Gasteiger partial charge in [0.1, 0.15) is 19.3 Å². The van der Waals surface area contributed by atoms with E-state index in [1.165, 1.54) is 44.9 Å². The Morgan fingerprint density at radius 3 is 0.902 bits per heavy atom. The van der Waals surface area contributed by atoms with Crippen LogP contribution < -0.4 is 0 Å². The van der Waals surface area contributed by atoms with Crippen molar-refractivity contribution in [3.05, 3.63) is 146 Å². The largest absolute Gasteiger partial charge is 0.472 e. The predicted molar refractivity (Wildman–Crippen MR) is 417 cm³/mol. The molecule has 0 bridgehead atoms. The van der Waals surface area contributed by atoms with Gasteiger partial charge in [-0.05, 0) is 148 Å². The van der Waals surface area contributed by atoms with Crippen LogP contribution in [0.1, 0.15) is 297 Å². The molecule has 0 aliphatic carbocycles. The number of phosphoric acid groups is 2. The maximum atomic E-state index is 13.1. The van der Waals surface area contributed by atoms with Crippen LogP contribution >= 0.6 is 15.6 Å². The van der Waals surface area contributed by atoms with Gasteiger partial charge in [-0.2, -0.15) is 0 Å². The van der Waals surface area contributed by atoms with Crippen molar-refractivity contribution in [1.29, 1.82) is 0 Å². The molecule has 17 nitrogen and oxygen atoms in total. The summed E-state index contributed by atoms with van der Waals surface area (Å²) in [7, 11) is -10.0. The third kappa shape index (κ3) is 73.3. The van der Waals surface area contributed by atoms with Crippen LogP contribution in [-0.4, -0.2) is 96.7 Å². The summed E-state index contributed by atoms with van der Waals surface area (Å²) in [6.07, 6.45) is 84.4. The van der Waals surface area contributed by atoms with E-state index in [0.717, 1.165) is 173 Å². The first-order valence-electron chi connectivity index (χ1n) is 39.1. The van der Waals surface area contributed by atoms with Gasteiger partial charge in [-0.3, -0.25) is 37.3 Å². The summed E-state index contributed by atoms with van der Waals surface area (Å²) in [6, 6.07) is 0. The minimum Gasteiger partial charge on any atom is -0.462 e. The first-order chi connectivity index (χ1) is 49.7. The number of hydrogen-bond donors (Lipinski definition) is 3. The zero-order valence-corrected chi connectivity index (χ0v) is 65.3. The lowest BCUT2D eigenvalue weighted by Gasteiger charge is -2.21. The molecule has 0 saturated carbocycles. The molecule has 0 saturated heterocycles. The average molecular weight is 1470 g/mol. The maximum Gasteiger partial charge on any atom is 0.472 e. The number of aliphatic hydroxyl groups is 1. The van der Waals surface area contributed by atoms with Gasteiger partial charge in [0.25, 0.3) is 0 Å². The van der Waals surface area contributed by atoms with Crippen LogP contribution in [0.3, 0.4) is 0 Å². The van der Waals surface area contributed by atoms with Crippen LogP contribution in [0, 0.1) is 0 Å². The Labute approximate surface area is 617 Å². The highest BCUT2D eigenvalue weighted by molar-refractivity contribution is 7.47. The second-order valence-corrected chi connectivity index (χ2v) is 28.5. The molecule has 0 heterocycles. The number of aliphatic hydroxyl groups excluding tert-OH is 1. The van der Waals surface area contributed by atoms with E-state index in [9.17, 15) is 43.2 Å². The van der Waals surface area contributed by atoms with Crippen molar-refractivity contribution in [3.8, 4) is 0 Å². The van der Waals surface area contributed by atoms with Gasteiger partial charge in [0.15, 0.2) is 12.2 Å². The third-order valence-electron chi connectivity index (χ3n) is 15.8. The number of ether oxygens (including phenoxy) is 4. The third-order valence-corrected chi connectivity index (χ3v) is 17.7. The smallest absolute Gasteiger partial charge is 0.462 e. The summed E-state index contributed by atoms with van der Waals surface area (Å²) in [5, 5.41) is 10.6. The topological polar surface area (TPSA) is 237 Å². The number of carbonyl (C=O) groups is 4. The number of esters is 4. The molecule has 582 valence electrons. The van der Waals surface area contributed by atoms with Crippen LogP contribution in [0.25, 0.3) is 0 Å². The lowest BCUT2D eigenvalue weighted by Crippen LogP contribution is -2.30. The van der Waals surface area contributed by atoms with Gasteiger partial charge in [-0.25, -0.2) is 9.13 Å². The van der Waals surface area contributed by atoms with Crippen molar-refractivity contribution in [2.75, 3.05) is 39.6 Å². The number of rotatable bonds is 72. The van der Waals surface area contributed by atoms with Crippen molar-refractivity contribution >= 4 is 39.5 Å². The van der Waals surface area contributed by atoms with Crippen LogP contribution in [0.15, 0.2) is 146 Å². The molecule has 0 aromatic heterocycles. The number of allylic oxidation sites excluding steroid dienone is 23. The van der Waals surface area contributed by atoms with Crippen molar-refractivity contribution in [1.82, 2.24) is 0 Å². The molecular weight excluding hydrogens is 1330 g/mol. The Hall–Kier alpha value is -5.06. The Morgan fingerprint density at radius 2 is 0.549 bits per heavy atom. The van der Waals surface area contributed by atoms with E-state index in [4.69, 9.17) is 37.0 Å². The molecule has 0 aromatic carbocycles. The van der Waals surface area contributed by atoms with Crippen LogP contribution in [0.5, 0.6) is 0 Å². The minimum atomic E-state index is -5.01. The van der Waals surface area contributed by atoms with Gasteiger partial charge in [0, 0.05) is 19.3 Å². The monoisotopic (exact) mass is 1470 g/mol. The van der Waals surface area contributed by atoms with Gasteiger partial charge in [0.05, 0.1) is 32.8 Å². The summed E-state index contributed by atoms with van der Waals surface area (Å²) in [5.74, 6) is -2.37. The average Bonchev–Trinajstić information content (AvgIpc) is 0.907. The van der Waals surface area contributed by atoms with Gasteiger partial charge in [-0.15, -0.1) is 0 Å². The molecule has 102 heavy (non-hydrogen) atoms. The Kier molecular flexibility index (Phi) is 70.5. The molecule has 3 N–H and O–H groups in total. The van der Waals surface area contributed by atoms with Crippen LogP contribution in [-0.2, 0) is 65.4 Å². The van der Waals surface area contributed by atoms with E-state index in [2.05, 4.69) is 149 Å². The molecule has 0 aliphatic heterocycles. The lowest BCUT2D eigenvalue weighted by atomic mass is 10.1. The summed E-state index contributed by atoms with van der Waals surface area (Å²) in [5.41, 5.74) is 0. The SMILES string of the molecule is CC/C=C\C/C=C\C/C=C\C/C=C\C/C=C\CC(=O)OC(COC(=O)CCCCCCCC/C=C\C/C=C\C/C=C\CCCCC)COP(=O)(O)OCC(O)COP(=O)(O)OCC(COC(=O)CCCCCCC/C=C\C/C=C\C/C=C\CC)OC(=O)CCCCCCC/C=C\CCCCCC. The Bertz CT molecular complexity index is 2510. The fraction of sp³-hybridized carbons (Fsp3) is 0.663. The van der Waals surface area contributed by atoms with Crippen molar-refractivity contribution in [3.63, 3.8) is 0 Å². The number of unbranched alkanes of at least 4 members (excludes halogenated alkanes) is 23. The molecule has 0 spiro atoms. The zero-order chi connectivity index (χ0) is 74.6. The highest BCUT2D eigenvalue weighted by Crippen LogP contribution is 2.45. The number of carbonyl (C=O) groups excluding carboxylic acids is 4. The molecule has 0 amide bonds. The van der Waals surface area contributed by atoms with Gasteiger partial charge in [-0.1, -0.05) is 270 Å². The Balaban J connectivity index is 5.44. The van der Waals surface area contributed by atoms with Crippen molar-refractivity contribution in [2.24, 2.45) is 0 Å². The first kappa shape index (κ1) is 96.9. The standard InChI is InChI=1S/C83H138O17P2/c1-5-9-13-17-21-25-29-33-36-37-38-39-42-45-48-52-56-60-64-68-81(86)94-74-79(100-83(88)70-66-62-58-54-50-46-41-35-31-27-23-19-15-11-7-3)76-98-102(91,92)96-72-77(84)71-95-101(89,90)97-75-78(99-82(87)69-65-61-57-53-49-43-32-28-24-20-16-12-8-4)73-93-80(85)67-63-59-55-51-47-44-40-34-30-26-22-18-14-10-6-2/h10-11,14-15,21-23,25-28,32-36,38-41,50,54,62,66,77-79,84H,5-9,12-13,16-20,24,29-31,37,42-49,51-53,55-61,63-65,67-76H2,1-4H3,(H,89,90)(H,91,92)/b14-10-,15-11-,25-21-,26-22-,27-23-,32-28-,36-33-,39-38-,40-34-,41-35-,54-50-,66-62-. The van der Waals surface area contributed by atoms with Crippen LogP contribution in [0.2, 0.25) is 0 Å². The second-order valence-electron chi connectivity index (χ2n) is 25.5. The van der Waals surface area contributed by atoms with E-state index >= 15 is 0 Å². The van der Waals surface area contributed by atoms with Gasteiger partial charge in [0.2, 0.25) is 0 Å². The van der Waals surface area contributed by atoms with Crippen LogP contribution in [0.4, 0.5) is 0 Å². The molecule has 0 fully saturated rings. The summed E-state index contributed by atoms with van der Waals surface area (Å²) in [6.45, 7) is 4.44. The van der Waals surface area contributed by atoms with Gasteiger partial charge < -0.3 is 33.8 Å². The number of phosphoric ester groups is 2. The fourth-order valence-corrected chi connectivity index (χ4v) is 11.5. The van der Waals surface area contributed by atoms with Crippen molar-refractivity contribution in [2.45, 2.75) is 316 Å². The molecule has 0 aliphatic rings. The normalized spacial score (nSPS) is 14.7. The highest BCUT2D eigenvalue weighted by Gasteiger charge is 2.30. The molecule has 19 heteroatoms. The molecule has 5 unspecified atom stereocenters. The first-order valence-corrected chi connectivity index (χ1v) is 42.1. The molecule has 0 aromatic rings. The predicted octanol–water partition coefficient (Wildman–Crippen LogP) is 22.7. The second kappa shape index (κ2) is 74.2. The minimum absolute atomic E-state index is 0.0748. The molecular formula is C83H138O17P2. The summed E-state index contributed by atoms with van der Waals surface area (Å²) in [4.78, 5) is 72.9. The molecule has 0 rings (SSSR count). The Morgan fingerprint density at radius 1 is 0.294 bits per heavy atom. The number of hydrogen-bond acceptors (Lipinski definition) is 15. The van der Waals surface area contributed by atoms with Crippen molar-refractivity contribution < 1.29 is 80.2 Å². The molecule has 0 radical (unpaired) electrons. The van der Waals surface area contributed by atoms with E-state index < -0.39 is 97.5 Å². The van der Waals surface area contributed by atoms with E-state index in [1.807, 2.05) is 12.2 Å². The van der Waals surface area contributed by atoms with E-state index in [0.29, 0.717) is 25.7 Å². The van der Waals surface area contributed by atoms with E-state index in [-0.39, 0.29) is 25.7 Å². The van der Waals surface area contributed by atoms with E-state index in [1.54, 1.807) is 12.2 Å². The molecule has 5 atom stereocenters. The van der Waals surface area contributed by atoms with Gasteiger partial charge >= 0.3 is 39.5 Å². The summed E-state index contributed by atoms with van der Waals surface area (Å²) >= 11 is 0. The highest BCUT2D eigenvalue weighted by atomic mass is 31.2.